The van der Waals surface area contributed by atoms with Crippen LogP contribution in [0.3, 0.4) is 0 Å². The van der Waals surface area contributed by atoms with E-state index in [0.717, 1.165) is 11.5 Å². The van der Waals surface area contributed by atoms with E-state index in [4.69, 9.17) is 0 Å². The fourth-order valence-corrected chi connectivity index (χ4v) is 1.05. The lowest BCUT2D eigenvalue weighted by atomic mass is 10.2. The third-order valence-corrected chi connectivity index (χ3v) is 1.54. The van der Waals surface area contributed by atoms with E-state index in [1.807, 2.05) is 39.8 Å². The van der Waals surface area contributed by atoms with Gasteiger partial charge in [-0.15, -0.1) is 0 Å². The highest BCUT2D eigenvalue weighted by Gasteiger charge is 1.97. The molecule has 0 saturated carbocycles. The third-order valence-electron chi connectivity index (χ3n) is 1.54. The molecule has 2 heteroatoms. The molecule has 0 N–H and O–H groups in total. The number of hydrogen-bond acceptors (Lipinski definition) is 2. The zero-order valence-electron chi connectivity index (χ0n) is 9.55. The number of pyridine rings is 1. The molecule has 0 unspecified atom stereocenters. The molecular weight excluding hydrogens is 160 g/mol. The number of hydrogen-bond donors (Lipinski definition) is 0. The van der Waals surface area contributed by atoms with Crippen LogP contribution >= 0.6 is 0 Å². The van der Waals surface area contributed by atoms with Crippen molar-refractivity contribution >= 4 is 5.82 Å². The van der Waals surface area contributed by atoms with Crippen molar-refractivity contribution in [2.45, 2.75) is 27.7 Å². The van der Waals surface area contributed by atoms with Crippen molar-refractivity contribution in [2.75, 3.05) is 19.0 Å². The SMILES string of the molecule is CC.Cc1cc(C)nc(N(C)C)c1. The van der Waals surface area contributed by atoms with E-state index in [1.54, 1.807) is 0 Å². The number of aromatic nitrogens is 1. The van der Waals surface area contributed by atoms with Gasteiger partial charge in [-0.25, -0.2) is 4.98 Å². The lowest BCUT2D eigenvalue weighted by molar-refractivity contribution is 1.04. The van der Waals surface area contributed by atoms with E-state index in [2.05, 4.69) is 24.0 Å². The van der Waals surface area contributed by atoms with Gasteiger partial charge < -0.3 is 4.90 Å². The lowest BCUT2D eigenvalue weighted by Gasteiger charge is -2.12. The molecule has 0 aliphatic rings. The van der Waals surface area contributed by atoms with Crippen molar-refractivity contribution in [1.82, 2.24) is 4.98 Å². The maximum Gasteiger partial charge on any atom is 0.128 e. The average molecular weight is 180 g/mol. The second-order valence-corrected chi connectivity index (χ2v) is 3.04. The van der Waals surface area contributed by atoms with E-state index < -0.39 is 0 Å². The molecule has 0 aliphatic heterocycles. The molecule has 0 saturated heterocycles. The zero-order chi connectivity index (χ0) is 10.4. The standard InChI is InChI=1S/C9H14N2.C2H6/c1-7-5-8(2)10-9(6-7)11(3)4;1-2/h5-6H,1-4H3;1-2H3. The molecule has 1 rings (SSSR count). The monoisotopic (exact) mass is 180 g/mol. The summed E-state index contributed by atoms with van der Waals surface area (Å²) in [6, 6.07) is 4.15. The zero-order valence-corrected chi connectivity index (χ0v) is 9.55. The molecule has 0 bridgehead atoms. The Balaban J connectivity index is 0.000000671. The first-order valence-electron chi connectivity index (χ1n) is 4.72. The molecule has 0 spiro atoms. The fourth-order valence-electron chi connectivity index (χ4n) is 1.05. The number of aryl methyl sites for hydroxylation is 2. The van der Waals surface area contributed by atoms with Crippen LogP contribution in [0.2, 0.25) is 0 Å². The van der Waals surface area contributed by atoms with Gasteiger partial charge in [0.25, 0.3) is 0 Å². The third kappa shape index (κ3) is 3.92. The van der Waals surface area contributed by atoms with Crippen molar-refractivity contribution in [3.8, 4) is 0 Å². The Labute approximate surface area is 81.6 Å². The quantitative estimate of drug-likeness (QED) is 0.660. The lowest BCUT2D eigenvalue weighted by Crippen LogP contribution is -2.11. The second kappa shape index (κ2) is 5.57. The van der Waals surface area contributed by atoms with Crippen LogP contribution in [0.4, 0.5) is 5.82 Å². The molecule has 2 nitrogen and oxygen atoms in total. The highest BCUT2D eigenvalue weighted by Crippen LogP contribution is 2.10. The van der Waals surface area contributed by atoms with Crippen LogP contribution < -0.4 is 4.90 Å². The molecule has 13 heavy (non-hydrogen) atoms. The summed E-state index contributed by atoms with van der Waals surface area (Å²) in [6.45, 7) is 8.10. The van der Waals surface area contributed by atoms with Gasteiger partial charge in [-0.3, -0.25) is 0 Å². The minimum absolute atomic E-state index is 1.03. The Morgan fingerprint density at radius 2 is 1.62 bits per heavy atom. The average Bonchev–Trinajstić information content (AvgIpc) is 2.06. The summed E-state index contributed by atoms with van der Waals surface area (Å²) in [5.41, 5.74) is 2.34. The maximum atomic E-state index is 4.36. The Morgan fingerprint density at radius 1 is 1.08 bits per heavy atom. The van der Waals surface area contributed by atoms with Gasteiger partial charge in [0.2, 0.25) is 0 Å². The first kappa shape index (κ1) is 11.9. The number of anilines is 1. The van der Waals surface area contributed by atoms with Gasteiger partial charge >= 0.3 is 0 Å². The molecule has 1 aromatic rings. The highest BCUT2D eigenvalue weighted by atomic mass is 15.1. The molecule has 0 aliphatic carbocycles. The molecule has 0 aromatic carbocycles. The van der Waals surface area contributed by atoms with Gasteiger partial charge in [0, 0.05) is 19.8 Å². The highest BCUT2D eigenvalue weighted by molar-refractivity contribution is 5.40. The Hall–Kier alpha value is -1.05. The van der Waals surface area contributed by atoms with Crippen molar-refractivity contribution in [3.63, 3.8) is 0 Å². The molecule has 1 aromatic heterocycles. The second-order valence-electron chi connectivity index (χ2n) is 3.04. The summed E-state index contributed by atoms with van der Waals surface area (Å²) in [7, 11) is 4.00. The van der Waals surface area contributed by atoms with Crippen molar-refractivity contribution in [1.29, 1.82) is 0 Å². The summed E-state index contributed by atoms with van der Waals surface area (Å²) in [4.78, 5) is 6.37. The van der Waals surface area contributed by atoms with Crippen LogP contribution in [-0.2, 0) is 0 Å². The van der Waals surface area contributed by atoms with Crippen LogP contribution in [-0.4, -0.2) is 19.1 Å². The van der Waals surface area contributed by atoms with E-state index >= 15 is 0 Å². The van der Waals surface area contributed by atoms with Gasteiger partial charge in [-0.2, -0.15) is 0 Å². The van der Waals surface area contributed by atoms with Gasteiger partial charge in [-0.05, 0) is 31.5 Å². The van der Waals surface area contributed by atoms with Gasteiger partial charge in [0.1, 0.15) is 5.82 Å². The first-order chi connectivity index (χ1) is 6.09. The molecular formula is C11H20N2. The van der Waals surface area contributed by atoms with Crippen LogP contribution in [0.15, 0.2) is 12.1 Å². The van der Waals surface area contributed by atoms with Crippen LogP contribution in [0, 0.1) is 13.8 Å². The minimum atomic E-state index is 1.03. The van der Waals surface area contributed by atoms with E-state index in [9.17, 15) is 0 Å². The van der Waals surface area contributed by atoms with Gasteiger partial charge in [0.15, 0.2) is 0 Å². The van der Waals surface area contributed by atoms with Crippen LogP contribution in [0.25, 0.3) is 0 Å². The topological polar surface area (TPSA) is 16.1 Å². The van der Waals surface area contributed by atoms with E-state index in [1.165, 1.54) is 5.56 Å². The summed E-state index contributed by atoms with van der Waals surface area (Å²) >= 11 is 0. The normalized spacial score (nSPS) is 8.77. The summed E-state index contributed by atoms with van der Waals surface area (Å²) in [6.07, 6.45) is 0. The predicted octanol–water partition coefficient (Wildman–Crippen LogP) is 2.79. The van der Waals surface area contributed by atoms with Crippen molar-refractivity contribution < 1.29 is 0 Å². The smallest absolute Gasteiger partial charge is 0.128 e. The summed E-state index contributed by atoms with van der Waals surface area (Å²) < 4.78 is 0. The fraction of sp³-hybridized carbons (Fsp3) is 0.545. The Morgan fingerprint density at radius 3 is 2.00 bits per heavy atom. The first-order valence-corrected chi connectivity index (χ1v) is 4.72. The van der Waals surface area contributed by atoms with E-state index in [-0.39, 0.29) is 0 Å². The molecule has 0 atom stereocenters. The molecule has 0 fully saturated rings. The maximum absolute atomic E-state index is 4.36. The summed E-state index contributed by atoms with van der Waals surface area (Å²) in [5.74, 6) is 1.03. The Bertz CT molecular complexity index is 234. The Kier molecular flexibility index (Phi) is 5.12. The summed E-state index contributed by atoms with van der Waals surface area (Å²) in [5, 5.41) is 0. The molecule has 0 radical (unpaired) electrons. The molecule has 1 heterocycles. The van der Waals surface area contributed by atoms with Gasteiger partial charge in [0.05, 0.1) is 0 Å². The minimum Gasteiger partial charge on any atom is -0.363 e. The largest absolute Gasteiger partial charge is 0.363 e. The van der Waals surface area contributed by atoms with E-state index in [0.29, 0.717) is 0 Å². The molecule has 74 valence electrons. The molecule has 0 amide bonds. The van der Waals surface area contributed by atoms with Crippen LogP contribution in [0.5, 0.6) is 0 Å². The van der Waals surface area contributed by atoms with Gasteiger partial charge in [-0.1, -0.05) is 13.8 Å². The number of rotatable bonds is 1. The van der Waals surface area contributed by atoms with Crippen molar-refractivity contribution in [3.05, 3.63) is 23.4 Å². The predicted molar refractivity (Wildman–Crippen MR) is 59.4 cm³/mol. The number of nitrogens with zero attached hydrogens (tertiary/aromatic N) is 2. The van der Waals surface area contributed by atoms with Crippen molar-refractivity contribution in [2.24, 2.45) is 0 Å². The van der Waals surface area contributed by atoms with Crippen LogP contribution in [0.1, 0.15) is 25.1 Å².